The van der Waals surface area contributed by atoms with E-state index in [4.69, 9.17) is 16.3 Å². The Bertz CT molecular complexity index is 1220. The number of phenolic OH excluding ortho intramolecular Hbond substituents is 1. The predicted octanol–water partition coefficient (Wildman–Crippen LogP) is 5.52. The Morgan fingerprint density at radius 3 is 2.59 bits per heavy atom. The van der Waals surface area contributed by atoms with Gasteiger partial charge in [-0.15, -0.1) is 0 Å². The second-order valence-electron chi connectivity index (χ2n) is 8.28. The second kappa shape index (κ2) is 11.0. The first-order valence-corrected chi connectivity index (χ1v) is 11.6. The molecule has 1 aliphatic carbocycles. The van der Waals surface area contributed by atoms with Crippen LogP contribution in [0.2, 0.25) is 5.02 Å². The van der Waals surface area contributed by atoms with Crippen LogP contribution in [0.5, 0.6) is 5.75 Å². The number of aromatic hydroxyl groups is 1. The van der Waals surface area contributed by atoms with Crippen LogP contribution in [0.15, 0.2) is 59.7 Å². The number of halogens is 1. The summed E-state index contributed by atoms with van der Waals surface area (Å²) >= 11 is 5.86. The van der Waals surface area contributed by atoms with E-state index in [-0.39, 0.29) is 29.0 Å². The molecule has 3 N–H and O–H groups in total. The highest BCUT2D eigenvalue weighted by Gasteiger charge is 2.16. The Morgan fingerprint density at radius 2 is 1.82 bits per heavy atom. The van der Waals surface area contributed by atoms with Crippen LogP contribution in [-0.4, -0.2) is 29.4 Å². The topological polar surface area (TPSA) is 100 Å². The van der Waals surface area contributed by atoms with E-state index in [9.17, 15) is 14.7 Å². The molecule has 7 nitrogen and oxygen atoms in total. The van der Waals surface area contributed by atoms with Crippen LogP contribution >= 0.6 is 11.6 Å². The van der Waals surface area contributed by atoms with Gasteiger partial charge >= 0.3 is 6.09 Å². The molecule has 1 fully saturated rings. The molecule has 34 heavy (non-hydrogen) atoms. The van der Waals surface area contributed by atoms with Crippen molar-refractivity contribution in [1.82, 2.24) is 10.7 Å². The maximum absolute atomic E-state index is 12.3. The Balaban J connectivity index is 1.42. The number of hydrazone groups is 1. The van der Waals surface area contributed by atoms with Gasteiger partial charge in [0.2, 0.25) is 0 Å². The van der Waals surface area contributed by atoms with E-state index < -0.39 is 12.0 Å². The van der Waals surface area contributed by atoms with Crippen molar-refractivity contribution in [3.63, 3.8) is 0 Å². The molecular weight excluding hydrogens is 454 g/mol. The first kappa shape index (κ1) is 23.6. The fourth-order valence-electron chi connectivity index (χ4n) is 4.09. The smallest absolute Gasteiger partial charge is 0.407 e. The average molecular weight is 480 g/mol. The summed E-state index contributed by atoms with van der Waals surface area (Å²) in [5, 5.41) is 18.5. The summed E-state index contributed by atoms with van der Waals surface area (Å²) in [5.74, 6) is -0.542. The molecule has 0 heterocycles. The molecule has 0 spiro atoms. The van der Waals surface area contributed by atoms with Crippen molar-refractivity contribution in [1.29, 1.82) is 0 Å². The quantitative estimate of drug-likeness (QED) is 0.320. The second-order valence-corrected chi connectivity index (χ2v) is 8.69. The molecule has 8 heteroatoms. The fraction of sp³-hybridized carbons (Fsp3) is 0.269. The van der Waals surface area contributed by atoms with Gasteiger partial charge in [0.15, 0.2) is 0 Å². The molecule has 1 saturated carbocycles. The summed E-state index contributed by atoms with van der Waals surface area (Å²) in [5.41, 5.74) is 4.43. The molecule has 3 aromatic carbocycles. The minimum atomic E-state index is -0.448. The Labute approximate surface area is 202 Å². The van der Waals surface area contributed by atoms with E-state index in [1.54, 1.807) is 6.21 Å². The maximum Gasteiger partial charge on any atom is 0.407 e. The minimum absolute atomic E-state index is 0.0906. The zero-order valence-electron chi connectivity index (χ0n) is 18.6. The van der Waals surface area contributed by atoms with Crippen molar-refractivity contribution >= 4 is 40.6 Å². The van der Waals surface area contributed by atoms with Crippen molar-refractivity contribution in [3.05, 3.63) is 76.3 Å². The number of nitrogens with one attached hydrogen (secondary N) is 2. The van der Waals surface area contributed by atoms with Crippen molar-refractivity contribution in [2.45, 2.75) is 44.8 Å². The van der Waals surface area contributed by atoms with E-state index in [0.29, 0.717) is 0 Å². The highest BCUT2D eigenvalue weighted by molar-refractivity contribution is 6.32. The largest absolute Gasteiger partial charge is 0.506 e. The zero-order chi connectivity index (χ0) is 23.9. The molecule has 0 aliphatic heterocycles. The number of benzene rings is 3. The molecule has 3 aromatic rings. The van der Waals surface area contributed by atoms with E-state index in [0.717, 1.165) is 47.6 Å². The number of hydrogen-bond donors (Lipinski definition) is 3. The SMILES string of the molecule is O=C(NC1CCCCC1)OCc1ccc(C=NNC(=O)c2ccc(O)c(Cl)c2)c2ccccc12. The van der Waals surface area contributed by atoms with Crippen LogP contribution in [0, 0.1) is 0 Å². The Kier molecular flexibility index (Phi) is 7.65. The highest BCUT2D eigenvalue weighted by atomic mass is 35.5. The predicted molar refractivity (Wildman–Crippen MR) is 132 cm³/mol. The number of carbonyl (C=O) groups excluding carboxylic acids is 2. The molecule has 176 valence electrons. The van der Waals surface area contributed by atoms with Crippen LogP contribution in [0.25, 0.3) is 10.8 Å². The van der Waals surface area contributed by atoms with Gasteiger partial charge in [0.05, 0.1) is 11.2 Å². The molecule has 1 aliphatic rings. The third-order valence-corrected chi connectivity index (χ3v) is 6.22. The summed E-state index contributed by atoms with van der Waals surface area (Å²) in [7, 11) is 0. The lowest BCUT2D eigenvalue weighted by Gasteiger charge is -2.22. The zero-order valence-corrected chi connectivity index (χ0v) is 19.3. The van der Waals surface area contributed by atoms with Gasteiger partial charge in [-0.25, -0.2) is 10.2 Å². The van der Waals surface area contributed by atoms with E-state index in [1.807, 2.05) is 36.4 Å². The number of hydrogen-bond acceptors (Lipinski definition) is 5. The summed E-state index contributed by atoms with van der Waals surface area (Å²) in [6.45, 7) is 0.162. The Hall–Kier alpha value is -3.58. The summed E-state index contributed by atoms with van der Waals surface area (Å²) in [4.78, 5) is 24.5. The van der Waals surface area contributed by atoms with Gasteiger partial charge in [-0.2, -0.15) is 5.10 Å². The molecule has 2 amide bonds. The third-order valence-electron chi connectivity index (χ3n) is 5.91. The first-order chi connectivity index (χ1) is 16.5. The lowest BCUT2D eigenvalue weighted by atomic mass is 9.96. The van der Waals surface area contributed by atoms with Crippen LogP contribution in [0.1, 0.15) is 53.6 Å². The average Bonchev–Trinajstić information content (AvgIpc) is 2.85. The van der Waals surface area contributed by atoms with Crippen LogP contribution in [0.3, 0.4) is 0 Å². The molecule has 0 radical (unpaired) electrons. The number of carbonyl (C=O) groups is 2. The number of ether oxygens (including phenoxy) is 1. The maximum atomic E-state index is 12.3. The molecule has 0 atom stereocenters. The first-order valence-electron chi connectivity index (χ1n) is 11.3. The number of nitrogens with zero attached hydrogens (tertiary/aromatic N) is 1. The number of rotatable bonds is 6. The normalized spacial score (nSPS) is 14.3. The highest BCUT2D eigenvalue weighted by Crippen LogP contribution is 2.24. The third kappa shape index (κ3) is 5.85. The van der Waals surface area contributed by atoms with Gasteiger partial charge < -0.3 is 15.2 Å². The molecular formula is C26H26ClN3O4. The lowest BCUT2D eigenvalue weighted by Crippen LogP contribution is -2.36. The van der Waals surface area contributed by atoms with Gasteiger partial charge in [0.1, 0.15) is 12.4 Å². The number of amides is 2. The van der Waals surface area contributed by atoms with Crippen molar-refractivity contribution in [2.75, 3.05) is 0 Å². The summed E-state index contributed by atoms with van der Waals surface area (Å²) in [6.07, 6.45) is 6.68. The molecule has 0 saturated heterocycles. The number of alkyl carbamates (subject to hydrolysis) is 1. The molecule has 0 aromatic heterocycles. The van der Waals surface area contributed by atoms with Gasteiger partial charge in [-0.3, -0.25) is 4.79 Å². The molecule has 0 unspecified atom stereocenters. The minimum Gasteiger partial charge on any atom is -0.506 e. The van der Waals surface area contributed by atoms with E-state index in [2.05, 4.69) is 15.8 Å². The molecule has 0 bridgehead atoms. The van der Waals surface area contributed by atoms with Crippen LogP contribution in [-0.2, 0) is 11.3 Å². The Morgan fingerprint density at radius 1 is 1.06 bits per heavy atom. The fourth-order valence-corrected chi connectivity index (χ4v) is 4.28. The van der Waals surface area contributed by atoms with Crippen molar-refractivity contribution in [3.8, 4) is 5.75 Å². The van der Waals surface area contributed by atoms with Crippen LogP contribution in [0.4, 0.5) is 4.79 Å². The summed E-state index contributed by atoms with van der Waals surface area (Å²) < 4.78 is 5.49. The monoisotopic (exact) mass is 479 g/mol. The standard InChI is InChI=1S/C26H26ClN3O4/c27-23-14-17(12-13-24(23)31)25(32)30-28-15-18-10-11-19(22-9-5-4-8-21(18)22)16-34-26(33)29-20-6-2-1-3-7-20/h4-5,8-15,20,31H,1-3,6-7,16H2,(H,29,33)(H,30,32). The van der Waals surface area contributed by atoms with Crippen LogP contribution < -0.4 is 10.7 Å². The van der Waals surface area contributed by atoms with Crippen molar-refractivity contribution < 1.29 is 19.4 Å². The number of phenols is 1. The van der Waals surface area contributed by atoms with Gasteiger partial charge in [0, 0.05) is 17.2 Å². The summed E-state index contributed by atoms with van der Waals surface area (Å²) in [6, 6.07) is 15.9. The van der Waals surface area contributed by atoms with Gasteiger partial charge in [-0.1, -0.05) is 67.3 Å². The van der Waals surface area contributed by atoms with E-state index in [1.165, 1.54) is 24.6 Å². The lowest BCUT2D eigenvalue weighted by molar-refractivity contribution is 0.0955. The number of fused-ring (bicyclic) bond motifs is 1. The van der Waals surface area contributed by atoms with Gasteiger partial charge in [-0.05, 0) is 47.4 Å². The van der Waals surface area contributed by atoms with Gasteiger partial charge in [0.25, 0.3) is 5.91 Å². The molecule has 4 rings (SSSR count). The van der Waals surface area contributed by atoms with Crippen molar-refractivity contribution in [2.24, 2.45) is 5.10 Å². The van der Waals surface area contributed by atoms with E-state index >= 15 is 0 Å².